The van der Waals surface area contributed by atoms with Crippen molar-refractivity contribution in [3.63, 3.8) is 0 Å². The Hall–Kier alpha value is 0.920. The van der Waals surface area contributed by atoms with Gasteiger partial charge in [0.1, 0.15) is 0 Å². The Balaban J connectivity index is 2.54. The molecule has 0 spiro atoms. The zero-order valence-corrected chi connectivity index (χ0v) is 9.62. The Labute approximate surface area is 78.8 Å². The van der Waals surface area contributed by atoms with Crippen LogP contribution in [0.15, 0.2) is 0 Å². The molecular formula is C7H12Br2O. The first-order valence-corrected chi connectivity index (χ1v) is 4.90. The molecule has 0 heterocycles. The number of alkyl halides is 2. The Bertz CT molecular complexity index is 129. The molecule has 10 heavy (non-hydrogen) atoms. The van der Waals surface area contributed by atoms with Crippen LogP contribution in [0.25, 0.3) is 0 Å². The predicted octanol–water partition coefficient (Wildman–Crippen LogP) is 2.77. The summed E-state index contributed by atoms with van der Waals surface area (Å²) in [6.45, 7) is 5.27. The molecule has 1 aliphatic rings. The van der Waals surface area contributed by atoms with E-state index in [2.05, 4.69) is 45.7 Å². The maximum Gasteiger partial charge on any atom is 0.0916 e. The summed E-state index contributed by atoms with van der Waals surface area (Å²) in [5, 5.41) is 0. The molecule has 0 radical (unpaired) electrons. The number of hydrogen-bond donors (Lipinski definition) is 0. The lowest BCUT2D eigenvalue weighted by molar-refractivity contribution is 0.174. The largest absolute Gasteiger partial charge is 0.384 e. The summed E-state index contributed by atoms with van der Waals surface area (Å²) in [4.78, 5) is 0. The molecule has 0 saturated heterocycles. The maximum absolute atomic E-state index is 5.08. The van der Waals surface area contributed by atoms with Crippen LogP contribution in [0.5, 0.6) is 0 Å². The van der Waals surface area contributed by atoms with Crippen LogP contribution in [-0.2, 0) is 4.74 Å². The van der Waals surface area contributed by atoms with Crippen LogP contribution in [-0.4, -0.2) is 17.0 Å². The highest BCUT2D eigenvalue weighted by molar-refractivity contribution is 9.25. The smallest absolute Gasteiger partial charge is 0.0916 e. The van der Waals surface area contributed by atoms with Gasteiger partial charge in [-0.2, -0.15) is 0 Å². The lowest BCUT2D eigenvalue weighted by atomic mass is 10.1. The monoisotopic (exact) mass is 270 g/mol. The van der Waals surface area contributed by atoms with Crippen LogP contribution in [0.1, 0.15) is 13.8 Å². The third-order valence-corrected chi connectivity index (χ3v) is 5.57. The average Bonchev–Trinajstić information content (AvgIpc) is 2.13. The molecule has 1 fully saturated rings. The van der Waals surface area contributed by atoms with Gasteiger partial charge in [-0.05, 0) is 5.41 Å². The fourth-order valence-electron chi connectivity index (χ4n) is 1.24. The van der Waals surface area contributed by atoms with Gasteiger partial charge < -0.3 is 4.74 Å². The molecule has 60 valence electrons. The summed E-state index contributed by atoms with van der Waals surface area (Å²) in [6.07, 6.45) is 0. The van der Waals surface area contributed by atoms with Gasteiger partial charge in [0, 0.05) is 13.0 Å². The topological polar surface area (TPSA) is 9.23 Å². The Kier molecular flexibility index (Phi) is 2.21. The molecule has 0 aromatic carbocycles. The molecule has 0 amide bonds. The molecular weight excluding hydrogens is 260 g/mol. The van der Waals surface area contributed by atoms with Gasteiger partial charge in [0.05, 0.1) is 9.84 Å². The van der Waals surface area contributed by atoms with Crippen molar-refractivity contribution in [1.82, 2.24) is 0 Å². The molecule has 0 aliphatic heterocycles. The number of ether oxygens (including phenoxy) is 1. The molecule has 1 saturated carbocycles. The third-order valence-electron chi connectivity index (χ3n) is 2.42. The highest BCUT2D eigenvalue weighted by Gasteiger charge is 2.68. The minimum Gasteiger partial charge on any atom is -0.384 e. The van der Waals surface area contributed by atoms with Crippen molar-refractivity contribution >= 4 is 31.9 Å². The van der Waals surface area contributed by atoms with Crippen molar-refractivity contribution in [2.45, 2.75) is 17.1 Å². The molecule has 0 bridgehead atoms. The second-order valence-electron chi connectivity index (χ2n) is 3.35. The van der Waals surface area contributed by atoms with E-state index >= 15 is 0 Å². The van der Waals surface area contributed by atoms with Gasteiger partial charge >= 0.3 is 0 Å². The van der Waals surface area contributed by atoms with Crippen LogP contribution >= 0.6 is 31.9 Å². The zero-order chi connectivity index (χ0) is 7.99. The molecule has 0 aromatic rings. The average molecular weight is 272 g/mol. The summed E-state index contributed by atoms with van der Waals surface area (Å²) < 4.78 is 5.19. The van der Waals surface area contributed by atoms with Gasteiger partial charge in [-0.15, -0.1) is 0 Å². The molecule has 3 heteroatoms. The van der Waals surface area contributed by atoms with Crippen molar-refractivity contribution in [3.8, 4) is 0 Å². The van der Waals surface area contributed by atoms with Crippen LogP contribution in [0.2, 0.25) is 0 Å². The van der Waals surface area contributed by atoms with Gasteiger partial charge in [0.2, 0.25) is 0 Å². The standard InChI is InChI=1S/C7H12Br2O/c1-6(2)5(4-10-3)7(6,8)9/h5H,4H2,1-3H3/t5-/m0/s1. The van der Waals surface area contributed by atoms with Gasteiger partial charge in [0.15, 0.2) is 0 Å². The van der Waals surface area contributed by atoms with Crippen molar-refractivity contribution in [3.05, 3.63) is 0 Å². The van der Waals surface area contributed by atoms with Crippen LogP contribution in [0.3, 0.4) is 0 Å². The SMILES string of the molecule is COC[C@H]1C(C)(C)C1(Br)Br. The highest BCUT2D eigenvalue weighted by atomic mass is 79.9. The molecule has 1 nitrogen and oxygen atoms in total. The first kappa shape index (κ1) is 9.01. The molecule has 1 aliphatic carbocycles. The minimum absolute atomic E-state index is 0.114. The number of halogens is 2. The normalized spacial score (nSPS) is 33.9. The number of rotatable bonds is 2. The van der Waals surface area contributed by atoms with Gasteiger partial charge in [0.25, 0.3) is 0 Å². The highest BCUT2D eigenvalue weighted by Crippen LogP contribution is 2.70. The maximum atomic E-state index is 5.08. The van der Waals surface area contributed by atoms with Crippen LogP contribution < -0.4 is 0 Å². The van der Waals surface area contributed by atoms with Crippen LogP contribution in [0, 0.1) is 11.3 Å². The molecule has 1 rings (SSSR count). The lowest BCUT2D eigenvalue weighted by Gasteiger charge is -2.00. The van der Waals surface area contributed by atoms with E-state index in [9.17, 15) is 0 Å². The number of hydrogen-bond acceptors (Lipinski definition) is 1. The summed E-state index contributed by atoms with van der Waals surface area (Å²) in [7, 11) is 1.74. The third kappa shape index (κ3) is 1.07. The molecule has 0 aromatic heterocycles. The predicted molar refractivity (Wildman–Crippen MR) is 49.7 cm³/mol. The lowest BCUT2D eigenvalue weighted by Crippen LogP contribution is -1.97. The van der Waals surface area contributed by atoms with Gasteiger partial charge in [-0.25, -0.2) is 0 Å². The van der Waals surface area contributed by atoms with Crippen LogP contribution in [0.4, 0.5) is 0 Å². The van der Waals surface area contributed by atoms with Crippen molar-refractivity contribution in [2.75, 3.05) is 13.7 Å². The zero-order valence-electron chi connectivity index (χ0n) is 6.45. The fraction of sp³-hybridized carbons (Fsp3) is 1.00. The molecule has 0 unspecified atom stereocenters. The van der Waals surface area contributed by atoms with E-state index in [1.807, 2.05) is 0 Å². The summed E-state index contributed by atoms with van der Waals surface area (Å²) >= 11 is 7.22. The van der Waals surface area contributed by atoms with Gasteiger partial charge in [-0.1, -0.05) is 45.7 Å². The van der Waals surface area contributed by atoms with Crippen molar-refractivity contribution in [2.24, 2.45) is 11.3 Å². The summed E-state index contributed by atoms with van der Waals surface area (Å²) in [5.41, 5.74) is 0.322. The van der Waals surface area contributed by atoms with Crippen molar-refractivity contribution < 1.29 is 4.74 Å². The first-order valence-electron chi connectivity index (χ1n) is 3.31. The fourth-order valence-corrected chi connectivity index (χ4v) is 2.97. The quantitative estimate of drug-likeness (QED) is 0.702. The van der Waals surface area contributed by atoms with Gasteiger partial charge in [-0.3, -0.25) is 0 Å². The van der Waals surface area contributed by atoms with E-state index in [-0.39, 0.29) is 3.23 Å². The molecule has 1 atom stereocenters. The van der Waals surface area contributed by atoms with E-state index in [1.54, 1.807) is 7.11 Å². The number of methoxy groups -OCH3 is 1. The van der Waals surface area contributed by atoms with E-state index in [1.165, 1.54) is 0 Å². The Morgan fingerprint density at radius 3 is 1.90 bits per heavy atom. The summed E-state index contributed by atoms with van der Waals surface area (Å²) in [5.74, 6) is 0.588. The van der Waals surface area contributed by atoms with Crippen molar-refractivity contribution in [1.29, 1.82) is 0 Å². The van der Waals surface area contributed by atoms with E-state index < -0.39 is 0 Å². The second kappa shape index (κ2) is 2.46. The van der Waals surface area contributed by atoms with E-state index in [0.717, 1.165) is 6.61 Å². The van der Waals surface area contributed by atoms with E-state index in [4.69, 9.17) is 4.74 Å². The summed E-state index contributed by atoms with van der Waals surface area (Å²) in [6, 6.07) is 0. The first-order chi connectivity index (χ1) is 4.44. The Morgan fingerprint density at radius 2 is 1.80 bits per heavy atom. The van der Waals surface area contributed by atoms with E-state index in [0.29, 0.717) is 11.3 Å². The Morgan fingerprint density at radius 1 is 1.40 bits per heavy atom. The minimum atomic E-state index is 0.114. The second-order valence-corrected chi connectivity index (χ2v) is 6.92. The molecule has 0 N–H and O–H groups in total.